The van der Waals surface area contributed by atoms with Crippen LogP contribution in [0.4, 0.5) is 19.0 Å². The summed E-state index contributed by atoms with van der Waals surface area (Å²) in [6.07, 6.45) is 1.13. The number of benzene rings is 1. The number of hydrogen-bond acceptors (Lipinski definition) is 6. The maximum absolute atomic E-state index is 12.8. The van der Waals surface area contributed by atoms with Crippen LogP contribution >= 0.6 is 0 Å². The van der Waals surface area contributed by atoms with Crippen LogP contribution in [-0.4, -0.2) is 28.0 Å². The standard InChI is InChI=1S/C23H23F3N4O2/c1-14(2)10-19(30-20-9-6-16(11-27-20)22(31)32-3)17-12-28-21(29-13-17)15-4-7-18(8-5-15)23(24,25)26/h4-9,11-14,19H,10H2,1-3H3,(H,27,30). The molecule has 0 aliphatic carbocycles. The van der Waals surface area contributed by atoms with E-state index in [1.807, 2.05) is 0 Å². The Balaban J connectivity index is 1.78. The minimum Gasteiger partial charge on any atom is -0.465 e. The first-order valence-electron chi connectivity index (χ1n) is 9.98. The first kappa shape index (κ1) is 23.2. The summed E-state index contributed by atoms with van der Waals surface area (Å²) < 4.78 is 43.0. The van der Waals surface area contributed by atoms with Crippen LogP contribution in [0.2, 0.25) is 0 Å². The molecule has 2 heterocycles. The number of hydrogen-bond donors (Lipinski definition) is 1. The third-order valence-corrected chi connectivity index (χ3v) is 4.76. The van der Waals surface area contributed by atoms with E-state index in [1.54, 1.807) is 24.5 Å². The van der Waals surface area contributed by atoms with Gasteiger partial charge >= 0.3 is 12.1 Å². The van der Waals surface area contributed by atoms with E-state index in [9.17, 15) is 18.0 Å². The maximum Gasteiger partial charge on any atom is 0.416 e. The predicted octanol–water partition coefficient (Wildman–Crippen LogP) is 5.54. The first-order valence-corrected chi connectivity index (χ1v) is 9.98. The van der Waals surface area contributed by atoms with Gasteiger partial charge in [-0.3, -0.25) is 0 Å². The van der Waals surface area contributed by atoms with E-state index in [-0.39, 0.29) is 6.04 Å². The third-order valence-electron chi connectivity index (χ3n) is 4.76. The fraction of sp³-hybridized carbons (Fsp3) is 0.304. The van der Waals surface area contributed by atoms with Gasteiger partial charge in [0.25, 0.3) is 0 Å². The Morgan fingerprint density at radius 2 is 1.66 bits per heavy atom. The van der Waals surface area contributed by atoms with Gasteiger partial charge in [0.05, 0.1) is 24.3 Å². The van der Waals surface area contributed by atoms with Crippen molar-refractivity contribution in [3.05, 3.63) is 71.7 Å². The zero-order chi connectivity index (χ0) is 23.3. The van der Waals surface area contributed by atoms with E-state index in [1.165, 1.54) is 25.4 Å². The number of aromatic nitrogens is 3. The van der Waals surface area contributed by atoms with Crippen molar-refractivity contribution in [1.82, 2.24) is 15.0 Å². The van der Waals surface area contributed by atoms with Gasteiger partial charge in [-0.25, -0.2) is 19.7 Å². The van der Waals surface area contributed by atoms with E-state index in [0.29, 0.717) is 28.7 Å². The number of halogens is 3. The van der Waals surface area contributed by atoms with Crippen molar-refractivity contribution < 1.29 is 22.7 Å². The molecule has 0 aliphatic rings. The molecule has 0 amide bonds. The van der Waals surface area contributed by atoms with Gasteiger partial charge in [0, 0.05) is 29.7 Å². The summed E-state index contributed by atoms with van der Waals surface area (Å²) in [5.74, 6) is 0.813. The Hall–Kier alpha value is -3.49. The molecule has 1 aromatic carbocycles. The molecular formula is C23H23F3N4O2. The van der Waals surface area contributed by atoms with Crippen LogP contribution in [0, 0.1) is 5.92 Å². The summed E-state index contributed by atoms with van der Waals surface area (Å²) in [4.78, 5) is 24.5. The van der Waals surface area contributed by atoms with Gasteiger partial charge in [-0.05, 0) is 36.6 Å². The molecule has 168 valence electrons. The van der Waals surface area contributed by atoms with Crippen molar-refractivity contribution in [2.24, 2.45) is 5.92 Å². The number of ether oxygens (including phenoxy) is 1. The maximum atomic E-state index is 12.8. The molecule has 1 N–H and O–H groups in total. The highest BCUT2D eigenvalue weighted by Gasteiger charge is 2.30. The summed E-state index contributed by atoms with van der Waals surface area (Å²) in [5.41, 5.74) is 0.943. The lowest BCUT2D eigenvalue weighted by Crippen LogP contribution is -2.15. The van der Waals surface area contributed by atoms with Crippen LogP contribution in [0.1, 0.15) is 47.8 Å². The molecule has 0 bridgehead atoms. The minimum absolute atomic E-state index is 0.145. The molecular weight excluding hydrogens is 421 g/mol. The number of anilines is 1. The van der Waals surface area contributed by atoms with E-state index >= 15 is 0 Å². The summed E-state index contributed by atoms with van der Waals surface area (Å²) >= 11 is 0. The lowest BCUT2D eigenvalue weighted by molar-refractivity contribution is -0.137. The van der Waals surface area contributed by atoms with E-state index in [0.717, 1.165) is 24.1 Å². The molecule has 3 aromatic rings. The molecule has 9 heteroatoms. The van der Waals surface area contributed by atoms with Crippen molar-refractivity contribution >= 4 is 11.8 Å². The lowest BCUT2D eigenvalue weighted by Gasteiger charge is -2.21. The fourth-order valence-corrected chi connectivity index (χ4v) is 3.12. The Bertz CT molecular complexity index is 1030. The van der Waals surface area contributed by atoms with Crippen LogP contribution in [0.15, 0.2) is 55.0 Å². The van der Waals surface area contributed by atoms with Gasteiger partial charge in [0.1, 0.15) is 5.82 Å². The largest absolute Gasteiger partial charge is 0.465 e. The van der Waals surface area contributed by atoms with Crippen LogP contribution in [0.3, 0.4) is 0 Å². The number of nitrogens with one attached hydrogen (secondary N) is 1. The summed E-state index contributed by atoms with van der Waals surface area (Å²) in [7, 11) is 1.31. The van der Waals surface area contributed by atoms with Crippen LogP contribution in [0.5, 0.6) is 0 Å². The number of esters is 1. The van der Waals surface area contributed by atoms with Gasteiger partial charge in [0.15, 0.2) is 5.82 Å². The molecule has 2 aromatic heterocycles. The van der Waals surface area contributed by atoms with Gasteiger partial charge in [0.2, 0.25) is 0 Å². The monoisotopic (exact) mass is 444 g/mol. The first-order chi connectivity index (χ1) is 15.2. The highest BCUT2D eigenvalue weighted by molar-refractivity contribution is 5.89. The molecule has 0 radical (unpaired) electrons. The molecule has 0 saturated carbocycles. The summed E-state index contributed by atoms with van der Waals surface area (Å²) in [6, 6.07) is 7.91. The number of carbonyl (C=O) groups is 1. The van der Waals surface area contributed by atoms with Crippen LogP contribution < -0.4 is 5.32 Å². The number of methoxy groups -OCH3 is 1. The third kappa shape index (κ3) is 5.81. The van der Waals surface area contributed by atoms with Crippen molar-refractivity contribution in [2.75, 3.05) is 12.4 Å². The number of rotatable bonds is 7. The van der Waals surface area contributed by atoms with Gasteiger partial charge in [-0.1, -0.05) is 26.0 Å². The topological polar surface area (TPSA) is 77.0 Å². The second-order valence-corrected chi connectivity index (χ2v) is 7.67. The smallest absolute Gasteiger partial charge is 0.416 e. The second-order valence-electron chi connectivity index (χ2n) is 7.67. The number of pyridine rings is 1. The molecule has 1 unspecified atom stereocenters. The minimum atomic E-state index is -4.39. The van der Waals surface area contributed by atoms with Gasteiger partial charge < -0.3 is 10.1 Å². The average Bonchev–Trinajstić information content (AvgIpc) is 2.78. The van der Waals surface area contributed by atoms with Crippen molar-refractivity contribution in [1.29, 1.82) is 0 Å². The molecule has 0 aliphatic heterocycles. The molecule has 0 spiro atoms. The molecule has 0 fully saturated rings. The molecule has 1 atom stereocenters. The number of alkyl halides is 3. The van der Waals surface area contributed by atoms with Crippen LogP contribution in [0.25, 0.3) is 11.4 Å². The molecule has 3 rings (SSSR count). The van der Waals surface area contributed by atoms with Gasteiger partial charge in [-0.15, -0.1) is 0 Å². The summed E-state index contributed by atoms with van der Waals surface area (Å²) in [6.45, 7) is 4.17. The molecule has 0 saturated heterocycles. The van der Waals surface area contributed by atoms with Crippen molar-refractivity contribution in [2.45, 2.75) is 32.5 Å². The Kier molecular flexibility index (Phi) is 7.07. The zero-order valence-electron chi connectivity index (χ0n) is 17.8. The van der Waals surface area contributed by atoms with Crippen molar-refractivity contribution in [3.63, 3.8) is 0 Å². The molecule has 6 nitrogen and oxygen atoms in total. The highest BCUT2D eigenvalue weighted by atomic mass is 19.4. The Morgan fingerprint density at radius 3 is 2.16 bits per heavy atom. The molecule has 32 heavy (non-hydrogen) atoms. The zero-order valence-corrected chi connectivity index (χ0v) is 17.8. The van der Waals surface area contributed by atoms with E-state index < -0.39 is 17.7 Å². The normalized spacial score (nSPS) is 12.5. The average molecular weight is 444 g/mol. The number of nitrogens with zero attached hydrogens (tertiary/aromatic N) is 3. The second kappa shape index (κ2) is 9.76. The highest BCUT2D eigenvalue weighted by Crippen LogP contribution is 2.31. The van der Waals surface area contributed by atoms with Crippen LogP contribution in [-0.2, 0) is 10.9 Å². The Labute approximate surface area is 183 Å². The fourth-order valence-electron chi connectivity index (χ4n) is 3.12. The van der Waals surface area contributed by atoms with E-state index in [2.05, 4.69) is 38.9 Å². The predicted molar refractivity (Wildman–Crippen MR) is 114 cm³/mol. The lowest BCUT2D eigenvalue weighted by atomic mass is 9.99. The van der Waals surface area contributed by atoms with Crippen molar-refractivity contribution in [3.8, 4) is 11.4 Å². The number of carbonyl (C=O) groups excluding carboxylic acids is 1. The Morgan fingerprint density at radius 1 is 1.00 bits per heavy atom. The summed E-state index contributed by atoms with van der Waals surface area (Å²) in [5, 5.41) is 3.33. The van der Waals surface area contributed by atoms with Gasteiger partial charge in [-0.2, -0.15) is 13.2 Å². The van der Waals surface area contributed by atoms with E-state index in [4.69, 9.17) is 0 Å². The quantitative estimate of drug-likeness (QED) is 0.482. The SMILES string of the molecule is COC(=O)c1ccc(NC(CC(C)C)c2cnc(-c3ccc(C(F)(F)F)cc3)nc2)nc1.